The van der Waals surface area contributed by atoms with E-state index in [1.165, 1.54) is 48.8 Å². The van der Waals surface area contributed by atoms with Crippen molar-refractivity contribution in [3.8, 4) is 16.3 Å². The summed E-state index contributed by atoms with van der Waals surface area (Å²) in [5.41, 5.74) is 8.27. The number of nitro groups is 1. The first-order chi connectivity index (χ1) is 15.0. The molecule has 31 heavy (non-hydrogen) atoms. The Balaban J connectivity index is 1.54. The number of hydrogen-bond acceptors (Lipinski definition) is 5. The van der Waals surface area contributed by atoms with Crippen LogP contribution in [0.4, 0.5) is 0 Å². The van der Waals surface area contributed by atoms with Crippen LogP contribution in [0.2, 0.25) is 0 Å². The Morgan fingerprint density at radius 1 is 1.10 bits per heavy atom. The van der Waals surface area contributed by atoms with Crippen LogP contribution in [0.3, 0.4) is 0 Å². The van der Waals surface area contributed by atoms with Crippen LogP contribution in [0.15, 0.2) is 35.7 Å². The molecule has 0 saturated heterocycles. The van der Waals surface area contributed by atoms with Gasteiger partial charge in [-0.25, -0.2) is 4.98 Å². The van der Waals surface area contributed by atoms with E-state index in [4.69, 9.17) is 9.72 Å². The van der Waals surface area contributed by atoms with Crippen molar-refractivity contribution in [1.29, 1.82) is 0 Å². The van der Waals surface area contributed by atoms with Gasteiger partial charge in [-0.05, 0) is 67.0 Å². The van der Waals surface area contributed by atoms with Crippen molar-refractivity contribution in [2.75, 3.05) is 13.7 Å². The molecule has 0 atom stereocenters. The SMILES string of the molecule is COc1cc(CC[N+](=O)[O-])c(C)cc1Cc1csc(-c2ccc3c(c2)CCCCC3)n1. The number of thiazole rings is 1. The topological polar surface area (TPSA) is 65.3 Å². The molecule has 0 radical (unpaired) electrons. The first-order valence-electron chi connectivity index (χ1n) is 10.9. The number of rotatable bonds is 7. The minimum Gasteiger partial charge on any atom is -0.496 e. The smallest absolute Gasteiger partial charge is 0.207 e. The summed E-state index contributed by atoms with van der Waals surface area (Å²) < 4.78 is 5.59. The minimum atomic E-state index is -0.279. The Bertz CT molecular complexity index is 1090. The van der Waals surface area contributed by atoms with Gasteiger partial charge in [-0.15, -0.1) is 11.3 Å². The molecule has 4 rings (SSSR count). The van der Waals surface area contributed by atoms with Gasteiger partial charge in [0.25, 0.3) is 0 Å². The number of ether oxygens (including phenoxy) is 1. The Labute approximate surface area is 187 Å². The molecule has 1 aromatic heterocycles. The van der Waals surface area contributed by atoms with Gasteiger partial charge in [0.05, 0.1) is 12.8 Å². The molecule has 0 fully saturated rings. The number of fused-ring (bicyclic) bond motifs is 1. The van der Waals surface area contributed by atoms with E-state index in [1.54, 1.807) is 18.4 Å². The number of hydrogen-bond donors (Lipinski definition) is 0. The highest BCUT2D eigenvalue weighted by Gasteiger charge is 2.14. The molecule has 2 aromatic carbocycles. The van der Waals surface area contributed by atoms with Crippen molar-refractivity contribution in [1.82, 2.24) is 4.98 Å². The summed E-state index contributed by atoms with van der Waals surface area (Å²) in [5, 5.41) is 13.9. The van der Waals surface area contributed by atoms with E-state index in [0.717, 1.165) is 33.1 Å². The molecule has 1 aliphatic carbocycles. The van der Waals surface area contributed by atoms with Gasteiger partial charge >= 0.3 is 0 Å². The standard InChI is InChI=1S/C25H28N2O3S/c1-17-12-22(24(30-2)15-19(17)10-11-27(28)29)14-23-16-31-25(26-23)21-9-8-18-6-4-3-5-7-20(18)13-21/h8-9,12-13,15-16H,3-7,10-11,14H2,1-2H3. The van der Waals surface area contributed by atoms with Crippen LogP contribution in [0.25, 0.3) is 10.6 Å². The predicted octanol–water partition coefficient (Wildman–Crippen LogP) is 5.81. The van der Waals surface area contributed by atoms with E-state index in [2.05, 4.69) is 29.6 Å². The summed E-state index contributed by atoms with van der Waals surface area (Å²) in [7, 11) is 1.65. The lowest BCUT2D eigenvalue weighted by Crippen LogP contribution is -2.06. The Kier molecular flexibility index (Phi) is 6.66. The van der Waals surface area contributed by atoms with Crippen LogP contribution in [0.5, 0.6) is 5.75 Å². The highest BCUT2D eigenvalue weighted by atomic mass is 32.1. The van der Waals surface area contributed by atoms with E-state index >= 15 is 0 Å². The van der Waals surface area contributed by atoms with E-state index < -0.39 is 0 Å². The zero-order chi connectivity index (χ0) is 21.8. The third kappa shape index (κ3) is 5.13. The maximum absolute atomic E-state index is 10.7. The van der Waals surface area contributed by atoms with Crippen LogP contribution in [-0.4, -0.2) is 23.6 Å². The quantitative estimate of drug-likeness (QED) is 0.266. The van der Waals surface area contributed by atoms with Gasteiger partial charge in [0.15, 0.2) is 0 Å². The molecule has 5 nitrogen and oxygen atoms in total. The number of methoxy groups -OCH3 is 1. The van der Waals surface area contributed by atoms with Gasteiger partial charge in [-0.2, -0.15) is 0 Å². The fourth-order valence-electron chi connectivity index (χ4n) is 4.36. The van der Waals surface area contributed by atoms with E-state index in [-0.39, 0.29) is 11.5 Å². The van der Waals surface area contributed by atoms with Gasteiger partial charge in [-0.1, -0.05) is 24.6 Å². The molecule has 0 bridgehead atoms. The van der Waals surface area contributed by atoms with Crippen LogP contribution in [0, 0.1) is 17.0 Å². The molecule has 6 heteroatoms. The second-order valence-electron chi connectivity index (χ2n) is 8.26. The number of benzene rings is 2. The Morgan fingerprint density at radius 2 is 1.90 bits per heavy atom. The molecule has 3 aromatic rings. The van der Waals surface area contributed by atoms with Gasteiger partial charge in [0.1, 0.15) is 10.8 Å². The lowest BCUT2D eigenvalue weighted by molar-refractivity contribution is -0.479. The third-order valence-corrected chi connectivity index (χ3v) is 7.01. The summed E-state index contributed by atoms with van der Waals surface area (Å²) >= 11 is 1.68. The minimum absolute atomic E-state index is 0.0699. The summed E-state index contributed by atoms with van der Waals surface area (Å²) in [6.45, 7) is 1.93. The lowest BCUT2D eigenvalue weighted by Gasteiger charge is -2.12. The highest BCUT2D eigenvalue weighted by Crippen LogP contribution is 2.31. The van der Waals surface area contributed by atoms with Crippen LogP contribution in [-0.2, 0) is 25.7 Å². The van der Waals surface area contributed by atoms with Crippen molar-refractivity contribution in [2.45, 2.75) is 51.9 Å². The second-order valence-corrected chi connectivity index (χ2v) is 9.12. The van der Waals surface area contributed by atoms with Crippen molar-refractivity contribution in [3.05, 3.63) is 79.3 Å². The van der Waals surface area contributed by atoms with E-state index in [0.29, 0.717) is 12.8 Å². The van der Waals surface area contributed by atoms with Crippen molar-refractivity contribution < 1.29 is 9.66 Å². The number of aryl methyl sites for hydroxylation is 3. The molecule has 162 valence electrons. The van der Waals surface area contributed by atoms with Gasteiger partial charge < -0.3 is 4.74 Å². The zero-order valence-corrected chi connectivity index (χ0v) is 19.0. The second kappa shape index (κ2) is 9.60. The summed E-state index contributed by atoms with van der Waals surface area (Å²) in [4.78, 5) is 15.4. The molecule has 1 heterocycles. The summed E-state index contributed by atoms with van der Waals surface area (Å²) in [5.74, 6) is 0.767. The van der Waals surface area contributed by atoms with Gasteiger partial charge in [-0.3, -0.25) is 10.1 Å². The summed E-state index contributed by atoms with van der Waals surface area (Å²) in [6.07, 6.45) is 7.33. The molecular weight excluding hydrogens is 408 g/mol. The van der Waals surface area contributed by atoms with E-state index in [1.807, 2.05) is 13.0 Å². The number of aromatic nitrogens is 1. The van der Waals surface area contributed by atoms with Gasteiger partial charge in [0.2, 0.25) is 6.54 Å². The summed E-state index contributed by atoms with van der Waals surface area (Å²) in [6, 6.07) is 10.8. The first-order valence-corrected chi connectivity index (χ1v) is 11.8. The maximum atomic E-state index is 10.7. The fraction of sp³-hybridized carbons (Fsp3) is 0.400. The Hall–Kier alpha value is -2.73. The normalized spacial score (nSPS) is 13.5. The average molecular weight is 437 g/mol. The largest absolute Gasteiger partial charge is 0.496 e. The average Bonchev–Trinajstić information content (AvgIpc) is 3.09. The van der Waals surface area contributed by atoms with Crippen molar-refractivity contribution in [3.63, 3.8) is 0 Å². The molecule has 1 aliphatic rings. The highest BCUT2D eigenvalue weighted by molar-refractivity contribution is 7.13. The van der Waals surface area contributed by atoms with Crippen LogP contribution >= 0.6 is 11.3 Å². The predicted molar refractivity (Wildman–Crippen MR) is 125 cm³/mol. The van der Waals surface area contributed by atoms with Crippen molar-refractivity contribution in [2.24, 2.45) is 0 Å². The molecule has 0 saturated carbocycles. The lowest BCUT2D eigenvalue weighted by atomic mass is 9.99. The molecule has 0 unspecified atom stereocenters. The maximum Gasteiger partial charge on any atom is 0.207 e. The molecular formula is C25H28N2O3S. The number of nitrogens with zero attached hydrogens (tertiary/aromatic N) is 2. The molecule has 0 spiro atoms. The molecule has 0 aliphatic heterocycles. The fourth-order valence-corrected chi connectivity index (χ4v) is 5.18. The first kappa shape index (κ1) is 21.5. The van der Waals surface area contributed by atoms with Crippen LogP contribution < -0.4 is 4.74 Å². The molecule has 0 amide bonds. The zero-order valence-electron chi connectivity index (χ0n) is 18.1. The van der Waals surface area contributed by atoms with Crippen LogP contribution in [0.1, 0.15) is 52.8 Å². The van der Waals surface area contributed by atoms with Crippen molar-refractivity contribution >= 4 is 11.3 Å². The third-order valence-electron chi connectivity index (χ3n) is 6.07. The molecule has 0 N–H and O–H groups in total. The van der Waals surface area contributed by atoms with E-state index in [9.17, 15) is 10.1 Å². The monoisotopic (exact) mass is 436 g/mol. The Morgan fingerprint density at radius 3 is 2.68 bits per heavy atom. The van der Waals surface area contributed by atoms with Gasteiger partial charge in [0, 0.05) is 34.3 Å².